The predicted molar refractivity (Wildman–Crippen MR) is 77.6 cm³/mol. The van der Waals surface area contributed by atoms with E-state index in [1.165, 1.54) is 0 Å². The number of hydrogen-bond donors (Lipinski definition) is 1. The molecule has 0 amide bonds. The van der Waals surface area contributed by atoms with Crippen LogP contribution in [-0.2, 0) is 6.42 Å². The Bertz CT molecular complexity index is 617. The highest BCUT2D eigenvalue weighted by atomic mass is 16.5. The third kappa shape index (κ3) is 3.11. The second kappa shape index (κ2) is 6.05. The van der Waals surface area contributed by atoms with Gasteiger partial charge in [0.2, 0.25) is 0 Å². The number of ketones is 1. The monoisotopic (exact) mass is 286 g/mol. The first-order valence-electron chi connectivity index (χ1n) is 7.05. The van der Waals surface area contributed by atoms with Crippen LogP contribution in [0.2, 0.25) is 0 Å². The van der Waals surface area contributed by atoms with Crippen LogP contribution in [-0.4, -0.2) is 41.0 Å². The zero-order valence-electron chi connectivity index (χ0n) is 12.0. The lowest BCUT2D eigenvalue weighted by Crippen LogP contribution is -2.43. The van der Waals surface area contributed by atoms with Gasteiger partial charge in [0, 0.05) is 19.5 Å². The van der Waals surface area contributed by atoms with Crippen LogP contribution in [0.1, 0.15) is 28.5 Å². The van der Waals surface area contributed by atoms with Crippen LogP contribution < -0.4 is 10.1 Å². The van der Waals surface area contributed by atoms with Crippen molar-refractivity contribution in [3.8, 4) is 5.75 Å². The van der Waals surface area contributed by atoms with Crippen molar-refractivity contribution in [2.24, 2.45) is 0 Å². The summed E-state index contributed by atoms with van der Waals surface area (Å²) in [5.74, 6) is 0.853. The minimum absolute atomic E-state index is 0.0318. The molecule has 2 heterocycles. The summed E-state index contributed by atoms with van der Waals surface area (Å²) in [4.78, 5) is 12.1. The Morgan fingerprint density at radius 2 is 2.14 bits per heavy atom. The van der Waals surface area contributed by atoms with E-state index in [1.54, 1.807) is 18.0 Å². The number of methoxy groups -OCH3 is 1. The lowest BCUT2D eigenvalue weighted by molar-refractivity contribution is 0.0978. The molecule has 21 heavy (non-hydrogen) atoms. The minimum Gasteiger partial charge on any atom is -0.497 e. The summed E-state index contributed by atoms with van der Waals surface area (Å²) in [5.41, 5.74) is 1.56. The van der Waals surface area contributed by atoms with E-state index in [-0.39, 0.29) is 5.78 Å². The number of rotatable bonds is 6. The number of aryl methyl sites for hydroxylation is 1. The fourth-order valence-electron chi connectivity index (χ4n) is 2.22. The van der Waals surface area contributed by atoms with Crippen LogP contribution in [0.25, 0.3) is 0 Å². The summed E-state index contributed by atoms with van der Waals surface area (Å²) in [6, 6.07) is 8.09. The number of aromatic nitrogens is 3. The van der Waals surface area contributed by atoms with Crippen molar-refractivity contribution in [2.45, 2.75) is 18.9 Å². The first-order valence-corrected chi connectivity index (χ1v) is 7.05. The molecule has 1 aromatic heterocycles. The van der Waals surface area contributed by atoms with Crippen molar-refractivity contribution in [1.82, 2.24) is 20.3 Å². The number of hydrogen-bond acceptors (Lipinski definition) is 5. The van der Waals surface area contributed by atoms with Gasteiger partial charge in [0.1, 0.15) is 11.4 Å². The van der Waals surface area contributed by atoms with Crippen LogP contribution in [0.3, 0.4) is 0 Å². The zero-order valence-corrected chi connectivity index (χ0v) is 12.0. The molecule has 1 saturated heterocycles. The highest BCUT2D eigenvalue weighted by Crippen LogP contribution is 2.14. The van der Waals surface area contributed by atoms with Crippen LogP contribution in [0.5, 0.6) is 5.75 Å². The summed E-state index contributed by atoms with van der Waals surface area (Å²) in [7, 11) is 1.64. The van der Waals surface area contributed by atoms with E-state index in [9.17, 15) is 4.79 Å². The Kier molecular flexibility index (Phi) is 3.96. The van der Waals surface area contributed by atoms with Crippen molar-refractivity contribution in [3.63, 3.8) is 0 Å². The van der Waals surface area contributed by atoms with Gasteiger partial charge in [-0.15, -0.1) is 5.10 Å². The molecule has 0 bridgehead atoms. The van der Waals surface area contributed by atoms with Crippen molar-refractivity contribution in [3.05, 3.63) is 41.7 Å². The number of nitrogens with zero attached hydrogens (tertiary/aromatic N) is 3. The van der Waals surface area contributed by atoms with E-state index in [1.807, 2.05) is 24.3 Å². The average Bonchev–Trinajstić information content (AvgIpc) is 2.93. The summed E-state index contributed by atoms with van der Waals surface area (Å²) in [6.07, 6.45) is 2.89. The molecule has 0 aliphatic carbocycles. The van der Waals surface area contributed by atoms with Crippen molar-refractivity contribution >= 4 is 5.78 Å². The van der Waals surface area contributed by atoms with Crippen LogP contribution in [0.4, 0.5) is 0 Å². The van der Waals surface area contributed by atoms with Gasteiger partial charge in [-0.05, 0) is 24.1 Å². The Hall–Kier alpha value is -2.21. The molecule has 0 saturated carbocycles. The molecule has 3 rings (SSSR count). The number of benzene rings is 1. The molecule has 1 N–H and O–H groups in total. The Morgan fingerprint density at radius 3 is 2.76 bits per heavy atom. The number of ether oxygens (including phenoxy) is 1. The van der Waals surface area contributed by atoms with E-state index in [4.69, 9.17) is 4.74 Å². The SMILES string of the molecule is COc1ccc(CCC(=O)c2cn(C3CNC3)nn2)cc1. The van der Waals surface area contributed by atoms with E-state index < -0.39 is 0 Å². The second-order valence-corrected chi connectivity index (χ2v) is 5.17. The van der Waals surface area contributed by atoms with Crippen LogP contribution in [0, 0.1) is 0 Å². The number of carbonyl (C=O) groups is 1. The summed E-state index contributed by atoms with van der Waals surface area (Å²) < 4.78 is 6.89. The maximum absolute atomic E-state index is 12.1. The van der Waals surface area contributed by atoms with Gasteiger partial charge in [0.25, 0.3) is 0 Å². The quantitative estimate of drug-likeness (QED) is 0.809. The summed E-state index contributed by atoms with van der Waals surface area (Å²) in [5, 5.41) is 11.2. The fourth-order valence-corrected chi connectivity index (χ4v) is 2.22. The average molecular weight is 286 g/mol. The molecule has 0 unspecified atom stereocenters. The van der Waals surface area contributed by atoms with Crippen LogP contribution >= 0.6 is 0 Å². The molecular formula is C15H18N4O2. The highest BCUT2D eigenvalue weighted by Gasteiger charge is 2.21. The second-order valence-electron chi connectivity index (χ2n) is 5.17. The maximum atomic E-state index is 12.1. The molecule has 6 heteroatoms. The van der Waals surface area contributed by atoms with E-state index >= 15 is 0 Å². The molecular weight excluding hydrogens is 268 g/mol. The molecule has 1 aliphatic rings. The molecule has 0 spiro atoms. The van der Waals surface area contributed by atoms with Gasteiger partial charge < -0.3 is 10.1 Å². The fraction of sp³-hybridized carbons (Fsp3) is 0.400. The standard InChI is InChI=1S/C15H18N4O2/c1-21-13-5-2-11(3-6-13)4-7-15(20)14-10-19(18-17-14)12-8-16-9-12/h2-3,5-6,10,12,16H,4,7-9H2,1H3. The van der Waals surface area contributed by atoms with Crippen LogP contribution in [0.15, 0.2) is 30.5 Å². The smallest absolute Gasteiger partial charge is 0.185 e. The van der Waals surface area contributed by atoms with Gasteiger partial charge in [0.15, 0.2) is 5.78 Å². The number of carbonyl (C=O) groups excluding carboxylic acids is 1. The number of Topliss-reactive ketones (excluding diaryl/α,β-unsaturated/α-hetero) is 1. The third-order valence-electron chi connectivity index (χ3n) is 3.73. The first-order chi connectivity index (χ1) is 10.3. The Balaban J connectivity index is 1.56. The molecule has 1 aromatic carbocycles. The third-order valence-corrected chi connectivity index (χ3v) is 3.73. The molecule has 1 aliphatic heterocycles. The van der Waals surface area contributed by atoms with Crippen molar-refractivity contribution in [1.29, 1.82) is 0 Å². The van der Waals surface area contributed by atoms with Gasteiger partial charge in [-0.3, -0.25) is 4.79 Å². The van der Waals surface area contributed by atoms with Crippen molar-refractivity contribution < 1.29 is 9.53 Å². The van der Waals surface area contributed by atoms with Gasteiger partial charge >= 0.3 is 0 Å². The molecule has 110 valence electrons. The molecule has 0 radical (unpaired) electrons. The van der Waals surface area contributed by atoms with Crippen molar-refractivity contribution in [2.75, 3.05) is 20.2 Å². The topological polar surface area (TPSA) is 69.0 Å². The van der Waals surface area contributed by atoms with E-state index in [0.717, 1.165) is 24.4 Å². The summed E-state index contributed by atoms with van der Waals surface area (Å²) in [6.45, 7) is 1.78. The Morgan fingerprint density at radius 1 is 1.38 bits per heavy atom. The molecule has 6 nitrogen and oxygen atoms in total. The highest BCUT2D eigenvalue weighted by molar-refractivity contribution is 5.93. The zero-order chi connectivity index (χ0) is 14.7. The van der Waals surface area contributed by atoms with Gasteiger partial charge in [-0.2, -0.15) is 0 Å². The molecule has 1 fully saturated rings. The van der Waals surface area contributed by atoms with Gasteiger partial charge in [0.05, 0.1) is 19.3 Å². The predicted octanol–water partition coefficient (Wildman–Crippen LogP) is 1.25. The minimum atomic E-state index is 0.0318. The lowest BCUT2D eigenvalue weighted by Gasteiger charge is -2.26. The first kappa shape index (κ1) is 13.8. The lowest BCUT2D eigenvalue weighted by atomic mass is 10.1. The van der Waals surface area contributed by atoms with Gasteiger partial charge in [-0.25, -0.2) is 4.68 Å². The van der Waals surface area contributed by atoms with E-state index in [0.29, 0.717) is 24.6 Å². The van der Waals surface area contributed by atoms with E-state index in [2.05, 4.69) is 15.6 Å². The normalized spacial score (nSPS) is 14.7. The summed E-state index contributed by atoms with van der Waals surface area (Å²) >= 11 is 0. The molecule has 0 atom stereocenters. The molecule has 2 aromatic rings. The largest absolute Gasteiger partial charge is 0.497 e. The number of nitrogens with one attached hydrogen (secondary N) is 1. The maximum Gasteiger partial charge on any atom is 0.185 e. The Labute approximate surface area is 123 Å². The van der Waals surface area contributed by atoms with Gasteiger partial charge in [-0.1, -0.05) is 17.3 Å².